The molecule has 20 heavy (non-hydrogen) atoms. The Morgan fingerprint density at radius 3 is 2.60 bits per heavy atom. The zero-order chi connectivity index (χ0) is 13.8. The van der Waals surface area contributed by atoms with Gasteiger partial charge in [-0.3, -0.25) is 9.78 Å². The van der Waals surface area contributed by atoms with Gasteiger partial charge >= 0.3 is 0 Å². The van der Waals surface area contributed by atoms with Crippen LogP contribution in [0.2, 0.25) is 0 Å². The van der Waals surface area contributed by atoms with E-state index in [1.807, 2.05) is 0 Å². The van der Waals surface area contributed by atoms with E-state index in [1.165, 1.54) is 0 Å². The van der Waals surface area contributed by atoms with Crippen molar-refractivity contribution in [1.82, 2.24) is 25.6 Å². The number of carbonyl (C=O) groups excluding carboxylic acids is 1. The smallest absolute Gasteiger partial charge is 0.274 e. The van der Waals surface area contributed by atoms with E-state index in [0.717, 1.165) is 5.56 Å². The first kappa shape index (κ1) is 12.0. The van der Waals surface area contributed by atoms with E-state index in [2.05, 4.69) is 30.9 Å². The molecule has 0 aliphatic rings. The largest absolute Gasteiger partial charge is 0.321 e. The minimum absolute atomic E-state index is 0.252. The molecule has 0 bridgehead atoms. The molecule has 3 rings (SSSR count). The number of nitrogens with zero attached hydrogens (tertiary/aromatic N) is 4. The second-order valence-corrected chi connectivity index (χ2v) is 3.98. The molecule has 0 fully saturated rings. The van der Waals surface area contributed by atoms with Crippen molar-refractivity contribution in [2.45, 2.75) is 0 Å². The van der Waals surface area contributed by atoms with E-state index in [0.29, 0.717) is 17.2 Å². The lowest BCUT2D eigenvalue weighted by Gasteiger charge is -2.04. The van der Waals surface area contributed by atoms with E-state index in [1.54, 1.807) is 48.7 Å². The van der Waals surface area contributed by atoms with Gasteiger partial charge in [-0.15, -0.1) is 10.2 Å². The summed E-state index contributed by atoms with van der Waals surface area (Å²) in [7, 11) is 0. The summed E-state index contributed by atoms with van der Waals surface area (Å²) in [4.78, 5) is 15.9. The third-order valence-electron chi connectivity index (χ3n) is 2.64. The molecule has 7 heteroatoms. The summed E-state index contributed by atoms with van der Waals surface area (Å²) in [5.41, 5.74) is 1.86. The Hall–Kier alpha value is -3.09. The molecule has 7 nitrogen and oxygen atoms in total. The first-order chi connectivity index (χ1) is 9.83. The average Bonchev–Trinajstić information content (AvgIpc) is 3.03. The third-order valence-corrected chi connectivity index (χ3v) is 2.64. The second-order valence-electron chi connectivity index (χ2n) is 3.98. The fourth-order valence-corrected chi connectivity index (χ4v) is 1.68. The number of H-pyrrole nitrogens is 1. The number of aromatic amines is 1. The lowest BCUT2D eigenvalue weighted by Crippen LogP contribution is -2.13. The SMILES string of the molecule is O=C(Nc1ccc(-c2nn[nH]n2)cc1)c1ccccn1. The van der Waals surface area contributed by atoms with Crippen molar-refractivity contribution >= 4 is 11.6 Å². The maximum absolute atomic E-state index is 11.9. The Kier molecular flexibility index (Phi) is 3.15. The summed E-state index contributed by atoms with van der Waals surface area (Å²) >= 11 is 0. The number of pyridine rings is 1. The van der Waals surface area contributed by atoms with Crippen molar-refractivity contribution in [3.8, 4) is 11.4 Å². The summed E-state index contributed by atoms with van der Waals surface area (Å²) in [6.45, 7) is 0. The quantitative estimate of drug-likeness (QED) is 0.749. The van der Waals surface area contributed by atoms with Gasteiger partial charge in [-0.2, -0.15) is 5.21 Å². The molecule has 0 spiro atoms. The minimum Gasteiger partial charge on any atom is -0.321 e. The molecule has 0 unspecified atom stereocenters. The highest BCUT2D eigenvalue weighted by Crippen LogP contribution is 2.17. The van der Waals surface area contributed by atoms with Crippen LogP contribution in [-0.2, 0) is 0 Å². The van der Waals surface area contributed by atoms with E-state index in [-0.39, 0.29) is 5.91 Å². The number of hydrogen-bond acceptors (Lipinski definition) is 5. The van der Waals surface area contributed by atoms with E-state index in [9.17, 15) is 4.79 Å². The van der Waals surface area contributed by atoms with Crippen LogP contribution in [0.5, 0.6) is 0 Å². The summed E-state index contributed by atoms with van der Waals surface area (Å²) in [6, 6.07) is 12.3. The van der Waals surface area contributed by atoms with Crippen molar-refractivity contribution < 1.29 is 4.79 Å². The Morgan fingerprint density at radius 2 is 1.95 bits per heavy atom. The van der Waals surface area contributed by atoms with Gasteiger partial charge in [0, 0.05) is 17.4 Å². The zero-order valence-electron chi connectivity index (χ0n) is 10.3. The average molecular weight is 266 g/mol. The highest BCUT2D eigenvalue weighted by molar-refractivity contribution is 6.02. The van der Waals surface area contributed by atoms with Crippen LogP contribution in [0.4, 0.5) is 5.69 Å². The Balaban J connectivity index is 1.74. The van der Waals surface area contributed by atoms with Crippen LogP contribution in [-0.4, -0.2) is 31.5 Å². The molecular weight excluding hydrogens is 256 g/mol. The van der Waals surface area contributed by atoms with Gasteiger partial charge in [0.25, 0.3) is 5.91 Å². The summed E-state index contributed by atoms with van der Waals surface area (Å²) in [5, 5.41) is 16.4. The molecule has 3 aromatic rings. The standard InChI is InChI=1S/C13H10N6O/c20-13(11-3-1-2-8-14-11)15-10-6-4-9(5-7-10)12-16-18-19-17-12/h1-8H,(H,15,20)(H,16,17,18,19). The van der Waals surface area contributed by atoms with Gasteiger partial charge in [0.2, 0.25) is 5.82 Å². The van der Waals surface area contributed by atoms with E-state index >= 15 is 0 Å². The number of tetrazole rings is 1. The van der Waals surface area contributed by atoms with Crippen molar-refractivity contribution in [3.05, 3.63) is 54.4 Å². The van der Waals surface area contributed by atoms with Gasteiger partial charge in [0.05, 0.1) is 0 Å². The molecule has 0 radical (unpaired) electrons. The highest BCUT2D eigenvalue weighted by Gasteiger charge is 2.07. The van der Waals surface area contributed by atoms with Crippen LogP contribution in [0.1, 0.15) is 10.5 Å². The molecule has 0 aliphatic heterocycles. The monoisotopic (exact) mass is 266 g/mol. The zero-order valence-corrected chi connectivity index (χ0v) is 10.3. The molecule has 0 aliphatic carbocycles. The number of amides is 1. The Labute approximate surface area is 114 Å². The van der Waals surface area contributed by atoms with Crippen molar-refractivity contribution in [2.75, 3.05) is 5.32 Å². The van der Waals surface area contributed by atoms with E-state index < -0.39 is 0 Å². The number of nitrogens with one attached hydrogen (secondary N) is 2. The van der Waals surface area contributed by atoms with Crippen LogP contribution < -0.4 is 5.32 Å². The van der Waals surface area contributed by atoms with Gasteiger partial charge in [-0.25, -0.2) is 0 Å². The van der Waals surface area contributed by atoms with Gasteiger partial charge in [0.1, 0.15) is 5.69 Å². The fourth-order valence-electron chi connectivity index (χ4n) is 1.68. The van der Waals surface area contributed by atoms with Crippen LogP contribution >= 0.6 is 0 Å². The predicted molar refractivity (Wildman–Crippen MR) is 71.8 cm³/mol. The molecule has 1 amide bonds. The molecule has 0 atom stereocenters. The Bertz CT molecular complexity index is 693. The molecule has 1 aromatic carbocycles. The van der Waals surface area contributed by atoms with Crippen molar-refractivity contribution in [2.24, 2.45) is 0 Å². The number of benzene rings is 1. The number of rotatable bonds is 3. The summed E-state index contributed by atoms with van der Waals surface area (Å²) in [6.07, 6.45) is 1.58. The van der Waals surface area contributed by atoms with Crippen LogP contribution in [0.15, 0.2) is 48.7 Å². The normalized spacial score (nSPS) is 10.2. The predicted octanol–water partition coefficient (Wildman–Crippen LogP) is 1.51. The molecule has 2 N–H and O–H groups in total. The van der Waals surface area contributed by atoms with Crippen LogP contribution in [0.3, 0.4) is 0 Å². The number of hydrogen-bond donors (Lipinski definition) is 2. The first-order valence-electron chi connectivity index (χ1n) is 5.89. The van der Waals surface area contributed by atoms with Crippen LogP contribution in [0.25, 0.3) is 11.4 Å². The molecule has 2 aromatic heterocycles. The number of carbonyl (C=O) groups is 1. The van der Waals surface area contributed by atoms with Crippen molar-refractivity contribution in [3.63, 3.8) is 0 Å². The topological polar surface area (TPSA) is 96.5 Å². The van der Waals surface area contributed by atoms with Crippen molar-refractivity contribution in [1.29, 1.82) is 0 Å². The lowest BCUT2D eigenvalue weighted by molar-refractivity contribution is 0.102. The Morgan fingerprint density at radius 1 is 1.10 bits per heavy atom. The highest BCUT2D eigenvalue weighted by atomic mass is 16.1. The van der Waals surface area contributed by atoms with Gasteiger partial charge in [-0.05, 0) is 41.6 Å². The molecular formula is C13H10N6O. The maximum Gasteiger partial charge on any atom is 0.274 e. The second kappa shape index (κ2) is 5.27. The third kappa shape index (κ3) is 2.51. The maximum atomic E-state index is 11.9. The molecule has 2 heterocycles. The summed E-state index contributed by atoms with van der Waals surface area (Å²) < 4.78 is 0. The fraction of sp³-hybridized carbons (Fsp3) is 0. The minimum atomic E-state index is -0.252. The number of anilines is 1. The molecule has 0 saturated heterocycles. The first-order valence-corrected chi connectivity index (χ1v) is 5.89. The molecule has 0 saturated carbocycles. The molecule has 98 valence electrons. The van der Waals surface area contributed by atoms with E-state index in [4.69, 9.17) is 0 Å². The van der Waals surface area contributed by atoms with Crippen LogP contribution in [0, 0.1) is 0 Å². The van der Waals surface area contributed by atoms with Gasteiger partial charge in [-0.1, -0.05) is 6.07 Å². The lowest BCUT2D eigenvalue weighted by atomic mass is 10.2. The summed E-state index contributed by atoms with van der Waals surface area (Å²) in [5.74, 6) is 0.255. The van der Waals surface area contributed by atoms with Gasteiger partial charge in [0.15, 0.2) is 0 Å². The van der Waals surface area contributed by atoms with Gasteiger partial charge < -0.3 is 5.32 Å². The number of aromatic nitrogens is 5.